The number of hydrogen-bond acceptors (Lipinski definition) is 3. The zero-order valence-electron chi connectivity index (χ0n) is 11.4. The van der Waals surface area contributed by atoms with Crippen molar-refractivity contribution in [2.75, 3.05) is 7.11 Å². The predicted molar refractivity (Wildman–Crippen MR) is 74.9 cm³/mol. The van der Waals surface area contributed by atoms with Gasteiger partial charge in [0.25, 0.3) is 0 Å². The Bertz CT molecular complexity index is 428. The second-order valence-electron chi connectivity index (χ2n) is 5.08. The lowest BCUT2D eigenvalue weighted by molar-refractivity contribution is -0.120. The summed E-state index contributed by atoms with van der Waals surface area (Å²) in [5, 5.41) is 3.39. The van der Waals surface area contributed by atoms with Gasteiger partial charge in [-0.25, -0.2) is 0 Å². The first-order chi connectivity index (χ1) is 9.22. The van der Waals surface area contributed by atoms with Gasteiger partial charge in [-0.15, -0.1) is 0 Å². The van der Waals surface area contributed by atoms with Crippen molar-refractivity contribution in [2.45, 2.75) is 44.2 Å². The zero-order valence-corrected chi connectivity index (χ0v) is 11.4. The van der Waals surface area contributed by atoms with Crippen LogP contribution in [0.5, 0.6) is 5.75 Å². The van der Waals surface area contributed by atoms with E-state index in [1.807, 2.05) is 24.3 Å². The zero-order chi connectivity index (χ0) is 13.7. The van der Waals surface area contributed by atoms with E-state index in [9.17, 15) is 4.79 Å². The first-order valence-electron chi connectivity index (χ1n) is 6.90. The minimum Gasteiger partial charge on any atom is -0.496 e. The number of carbonyl (C=O) groups excluding carboxylic acids is 1. The number of nitrogens with two attached hydrogens (primary N) is 1. The molecule has 1 unspecified atom stereocenters. The van der Waals surface area contributed by atoms with E-state index in [1.54, 1.807) is 7.11 Å². The fraction of sp³-hybridized carbons (Fsp3) is 0.533. The summed E-state index contributed by atoms with van der Waals surface area (Å²) in [6.45, 7) is 0. The third kappa shape index (κ3) is 3.47. The number of benzene rings is 1. The number of primary amides is 1. The van der Waals surface area contributed by atoms with E-state index in [1.165, 1.54) is 19.3 Å². The number of rotatable bonds is 5. The first kappa shape index (κ1) is 13.9. The maximum atomic E-state index is 11.7. The quantitative estimate of drug-likeness (QED) is 0.854. The van der Waals surface area contributed by atoms with Crippen LogP contribution in [-0.4, -0.2) is 19.1 Å². The summed E-state index contributed by atoms with van der Waals surface area (Å²) in [6.07, 6.45) is 5.94. The molecule has 1 aliphatic carbocycles. The second kappa shape index (κ2) is 6.57. The minimum atomic E-state index is -0.473. The Morgan fingerprint density at radius 2 is 2.00 bits per heavy atom. The number of carbonyl (C=O) groups is 1. The summed E-state index contributed by atoms with van der Waals surface area (Å²) < 4.78 is 5.32. The molecule has 0 radical (unpaired) electrons. The highest BCUT2D eigenvalue weighted by Crippen LogP contribution is 2.27. The van der Waals surface area contributed by atoms with E-state index in [0.717, 1.165) is 18.4 Å². The molecule has 0 heterocycles. The topological polar surface area (TPSA) is 64.3 Å². The summed E-state index contributed by atoms with van der Waals surface area (Å²) in [5.41, 5.74) is 6.37. The van der Waals surface area contributed by atoms with Crippen molar-refractivity contribution < 1.29 is 9.53 Å². The maximum Gasteiger partial charge on any atom is 0.239 e. The Morgan fingerprint density at radius 1 is 1.32 bits per heavy atom. The molecule has 2 rings (SSSR count). The molecular formula is C15H22N2O2. The third-order valence-corrected chi connectivity index (χ3v) is 3.74. The molecule has 3 N–H and O–H groups in total. The Morgan fingerprint density at radius 3 is 2.63 bits per heavy atom. The molecule has 0 saturated heterocycles. The number of para-hydroxylation sites is 1. The summed E-state index contributed by atoms with van der Waals surface area (Å²) in [7, 11) is 1.61. The molecule has 0 bridgehead atoms. The molecule has 1 fully saturated rings. The second-order valence-corrected chi connectivity index (χ2v) is 5.08. The Balaban J connectivity index is 2.17. The SMILES string of the molecule is COc1ccccc1C(NC1CCCCC1)C(N)=O. The van der Waals surface area contributed by atoms with Gasteiger partial charge in [-0.1, -0.05) is 37.5 Å². The van der Waals surface area contributed by atoms with Crippen LogP contribution in [0.3, 0.4) is 0 Å². The van der Waals surface area contributed by atoms with Crippen molar-refractivity contribution in [3.63, 3.8) is 0 Å². The van der Waals surface area contributed by atoms with Crippen LogP contribution in [0, 0.1) is 0 Å². The number of nitrogens with one attached hydrogen (secondary N) is 1. The van der Waals surface area contributed by atoms with Crippen LogP contribution in [0.2, 0.25) is 0 Å². The number of hydrogen-bond donors (Lipinski definition) is 2. The molecule has 1 saturated carbocycles. The number of ether oxygens (including phenoxy) is 1. The van der Waals surface area contributed by atoms with E-state index in [0.29, 0.717) is 11.8 Å². The van der Waals surface area contributed by atoms with E-state index in [2.05, 4.69) is 5.32 Å². The summed E-state index contributed by atoms with van der Waals surface area (Å²) in [4.78, 5) is 11.7. The number of amides is 1. The average Bonchev–Trinajstić information content (AvgIpc) is 2.45. The lowest BCUT2D eigenvalue weighted by atomic mass is 9.93. The van der Waals surface area contributed by atoms with Crippen molar-refractivity contribution in [3.05, 3.63) is 29.8 Å². The first-order valence-corrected chi connectivity index (χ1v) is 6.90. The molecule has 1 atom stereocenters. The van der Waals surface area contributed by atoms with Crippen molar-refractivity contribution in [1.29, 1.82) is 0 Å². The minimum absolute atomic E-state index is 0.352. The summed E-state index contributed by atoms with van der Waals surface area (Å²) in [5.74, 6) is 0.352. The van der Waals surface area contributed by atoms with Crippen LogP contribution in [0.4, 0.5) is 0 Å². The van der Waals surface area contributed by atoms with Gasteiger partial charge < -0.3 is 10.5 Å². The molecule has 4 heteroatoms. The lowest BCUT2D eigenvalue weighted by Crippen LogP contribution is -2.41. The molecule has 0 spiro atoms. The largest absolute Gasteiger partial charge is 0.496 e. The smallest absolute Gasteiger partial charge is 0.239 e. The predicted octanol–water partition coefficient (Wildman–Crippen LogP) is 2.14. The highest BCUT2D eigenvalue weighted by atomic mass is 16.5. The van der Waals surface area contributed by atoms with Crippen LogP contribution in [0.1, 0.15) is 43.7 Å². The highest BCUT2D eigenvalue weighted by Gasteiger charge is 2.25. The Labute approximate surface area is 114 Å². The molecule has 19 heavy (non-hydrogen) atoms. The van der Waals surface area contributed by atoms with Crippen molar-refractivity contribution in [2.24, 2.45) is 5.73 Å². The van der Waals surface area contributed by atoms with Crippen LogP contribution in [0.15, 0.2) is 24.3 Å². The Hall–Kier alpha value is -1.55. The van der Waals surface area contributed by atoms with Crippen molar-refractivity contribution in [1.82, 2.24) is 5.32 Å². The summed E-state index contributed by atoms with van der Waals surface area (Å²) >= 11 is 0. The average molecular weight is 262 g/mol. The van der Waals surface area contributed by atoms with Crippen LogP contribution in [-0.2, 0) is 4.79 Å². The van der Waals surface area contributed by atoms with Crippen LogP contribution in [0.25, 0.3) is 0 Å². The van der Waals surface area contributed by atoms with Gasteiger partial charge in [-0.3, -0.25) is 10.1 Å². The van der Waals surface area contributed by atoms with Gasteiger partial charge >= 0.3 is 0 Å². The van der Waals surface area contributed by atoms with Gasteiger partial charge in [0.1, 0.15) is 11.8 Å². The maximum absolute atomic E-state index is 11.7. The van der Waals surface area contributed by atoms with Gasteiger partial charge in [0.15, 0.2) is 0 Å². The normalized spacial score (nSPS) is 17.9. The highest BCUT2D eigenvalue weighted by molar-refractivity contribution is 5.82. The molecule has 104 valence electrons. The van der Waals surface area contributed by atoms with Gasteiger partial charge in [0.2, 0.25) is 5.91 Å². The standard InChI is InChI=1S/C15H22N2O2/c1-19-13-10-6-5-9-12(13)14(15(16)18)17-11-7-3-2-4-8-11/h5-6,9-11,14,17H,2-4,7-8H2,1H3,(H2,16,18). The fourth-order valence-electron chi connectivity index (χ4n) is 2.74. The van der Waals surface area contributed by atoms with E-state index in [-0.39, 0.29) is 5.91 Å². The summed E-state index contributed by atoms with van der Waals surface area (Å²) in [6, 6.07) is 7.44. The number of methoxy groups -OCH3 is 1. The van der Waals surface area contributed by atoms with Gasteiger partial charge in [0, 0.05) is 11.6 Å². The van der Waals surface area contributed by atoms with Gasteiger partial charge in [-0.05, 0) is 18.9 Å². The fourth-order valence-corrected chi connectivity index (χ4v) is 2.74. The van der Waals surface area contributed by atoms with Crippen LogP contribution < -0.4 is 15.8 Å². The van der Waals surface area contributed by atoms with E-state index >= 15 is 0 Å². The molecular weight excluding hydrogens is 240 g/mol. The third-order valence-electron chi connectivity index (χ3n) is 3.74. The molecule has 0 aliphatic heterocycles. The van der Waals surface area contributed by atoms with E-state index in [4.69, 9.17) is 10.5 Å². The molecule has 0 aromatic heterocycles. The van der Waals surface area contributed by atoms with Crippen LogP contribution >= 0.6 is 0 Å². The molecule has 1 aromatic carbocycles. The molecule has 1 aromatic rings. The van der Waals surface area contributed by atoms with E-state index < -0.39 is 6.04 Å². The van der Waals surface area contributed by atoms with Crippen molar-refractivity contribution in [3.8, 4) is 5.75 Å². The monoisotopic (exact) mass is 262 g/mol. The molecule has 1 aliphatic rings. The van der Waals surface area contributed by atoms with Crippen molar-refractivity contribution >= 4 is 5.91 Å². The lowest BCUT2D eigenvalue weighted by Gasteiger charge is -2.27. The molecule has 1 amide bonds. The molecule has 4 nitrogen and oxygen atoms in total. The van der Waals surface area contributed by atoms with Gasteiger partial charge in [0.05, 0.1) is 7.11 Å². The van der Waals surface area contributed by atoms with Gasteiger partial charge in [-0.2, -0.15) is 0 Å². The Kier molecular flexibility index (Phi) is 4.80.